The van der Waals surface area contributed by atoms with Crippen LogP contribution in [0.25, 0.3) is 0 Å². The highest BCUT2D eigenvalue weighted by Crippen LogP contribution is 2.13. The van der Waals surface area contributed by atoms with E-state index in [0.29, 0.717) is 11.1 Å². The molecule has 6 heteroatoms. The summed E-state index contributed by atoms with van der Waals surface area (Å²) >= 11 is 0. The summed E-state index contributed by atoms with van der Waals surface area (Å²) in [7, 11) is 1.54. The Kier molecular flexibility index (Phi) is 4.98. The average Bonchev–Trinajstić information content (AvgIpc) is 2.44. The minimum atomic E-state index is -3.65. The van der Waals surface area contributed by atoms with Crippen LogP contribution < -0.4 is 0 Å². The van der Waals surface area contributed by atoms with Crippen molar-refractivity contribution in [3.05, 3.63) is 71.3 Å². The van der Waals surface area contributed by atoms with E-state index >= 15 is 0 Å². The molecule has 21 heavy (non-hydrogen) atoms. The molecule has 0 spiro atoms. The number of ether oxygens (including phenoxy) is 1. The zero-order chi connectivity index (χ0) is 15.3. The number of benzene rings is 2. The number of carbonyl (C=O) groups excluding carboxylic acids is 1. The summed E-state index contributed by atoms with van der Waals surface area (Å²) in [5, 5.41) is 0. The lowest BCUT2D eigenvalue weighted by Gasteiger charge is -2.06. The molecule has 2 aromatic carbocycles. The molecule has 0 heterocycles. The maximum atomic E-state index is 11.9. The molecule has 2 rings (SSSR count). The maximum Gasteiger partial charge on any atom is 0.338 e. The summed E-state index contributed by atoms with van der Waals surface area (Å²) in [6.07, 6.45) is 0. The third kappa shape index (κ3) is 5.21. The van der Waals surface area contributed by atoms with E-state index in [1.54, 1.807) is 18.2 Å². The Morgan fingerprint density at radius 1 is 1.00 bits per heavy atom. The molecule has 0 amide bonds. The molecule has 0 aromatic heterocycles. The van der Waals surface area contributed by atoms with Gasteiger partial charge in [0.05, 0.1) is 11.3 Å². The second-order valence-electron chi connectivity index (χ2n) is 4.45. The van der Waals surface area contributed by atoms with Gasteiger partial charge in [0.25, 0.3) is 0 Å². The predicted octanol–water partition coefficient (Wildman–Crippen LogP) is 3.11. The van der Waals surface area contributed by atoms with Gasteiger partial charge in [0, 0.05) is 10.7 Å². The summed E-state index contributed by atoms with van der Waals surface area (Å²) in [4.78, 5) is 11.9. The van der Waals surface area contributed by atoms with Crippen molar-refractivity contribution < 1.29 is 17.9 Å². The largest absolute Gasteiger partial charge is 0.457 e. The van der Waals surface area contributed by atoms with Crippen molar-refractivity contribution in [2.75, 3.05) is 0 Å². The van der Waals surface area contributed by atoms with Gasteiger partial charge in [0.2, 0.25) is 9.05 Å². The van der Waals surface area contributed by atoms with Crippen molar-refractivity contribution in [1.29, 1.82) is 0 Å². The minimum absolute atomic E-state index is 0.164. The normalized spacial score (nSPS) is 11.1. The van der Waals surface area contributed by atoms with Crippen LogP contribution in [0.1, 0.15) is 21.5 Å². The fraction of sp³-hybridized carbons (Fsp3) is 0.133. The van der Waals surface area contributed by atoms with Crippen molar-refractivity contribution in [2.45, 2.75) is 12.4 Å². The monoisotopic (exact) mass is 324 g/mol. The second kappa shape index (κ2) is 6.74. The molecule has 0 unspecified atom stereocenters. The number of rotatable bonds is 5. The van der Waals surface area contributed by atoms with Crippen LogP contribution in [0.5, 0.6) is 0 Å². The molecular weight excluding hydrogens is 312 g/mol. The van der Waals surface area contributed by atoms with E-state index in [-0.39, 0.29) is 12.4 Å². The smallest absolute Gasteiger partial charge is 0.338 e. The fourth-order valence-corrected chi connectivity index (χ4v) is 2.75. The van der Waals surface area contributed by atoms with Crippen LogP contribution in [0, 0.1) is 0 Å². The molecule has 0 N–H and O–H groups in total. The van der Waals surface area contributed by atoms with E-state index in [2.05, 4.69) is 0 Å². The molecule has 4 nitrogen and oxygen atoms in total. The number of hydrogen-bond acceptors (Lipinski definition) is 4. The second-order valence-corrected chi connectivity index (χ2v) is 7.22. The van der Waals surface area contributed by atoms with E-state index in [1.807, 2.05) is 30.3 Å². The third-order valence-electron chi connectivity index (χ3n) is 2.71. The van der Waals surface area contributed by atoms with Gasteiger partial charge in [-0.2, -0.15) is 0 Å². The fourth-order valence-electron chi connectivity index (χ4n) is 1.79. The van der Waals surface area contributed by atoms with Gasteiger partial charge in [-0.15, -0.1) is 0 Å². The van der Waals surface area contributed by atoms with Gasteiger partial charge in [0.1, 0.15) is 6.61 Å². The van der Waals surface area contributed by atoms with Gasteiger partial charge in [0.15, 0.2) is 0 Å². The Morgan fingerprint density at radius 2 is 1.67 bits per heavy atom. The molecule has 0 bridgehead atoms. The van der Waals surface area contributed by atoms with Crippen molar-refractivity contribution in [2.24, 2.45) is 0 Å². The molecule has 0 saturated carbocycles. The minimum Gasteiger partial charge on any atom is -0.457 e. The van der Waals surface area contributed by atoms with E-state index in [0.717, 1.165) is 5.56 Å². The Morgan fingerprint density at radius 3 is 2.33 bits per heavy atom. The van der Waals surface area contributed by atoms with Crippen LogP contribution in [-0.2, 0) is 26.1 Å². The lowest BCUT2D eigenvalue weighted by atomic mass is 10.1. The lowest BCUT2D eigenvalue weighted by molar-refractivity contribution is 0.0472. The Labute approximate surface area is 127 Å². The summed E-state index contributed by atoms with van der Waals surface area (Å²) in [6, 6.07) is 15.5. The quantitative estimate of drug-likeness (QED) is 0.626. The van der Waals surface area contributed by atoms with E-state index in [4.69, 9.17) is 15.4 Å². The summed E-state index contributed by atoms with van der Waals surface area (Å²) in [6.45, 7) is 0.164. The van der Waals surface area contributed by atoms with Crippen molar-refractivity contribution in [1.82, 2.24) is 0 Å². The van der Waals surface area contributed by atoms with Crippen LogP contribution in [-0.4, -0.2) is 14.4 Å². The molecule has 0 fully saturated rings. The first-order valence-corrected chi connectivity index (χ1v) is 8.64. The summed E-state index contributed by atoms with van der Waals surface area (Å²) in [5.41, 5.74) is 1.62. The van der Waals surface area contributed by atoms with Gasteiger partial charge < -0.3 is 4.74 Å². The maximum absolute atomic E-state index is 11.9. The van der Waals surface area contributed by atoms with E-state index in [1.165, 1.54) is 6.07 Å². The topological polar surface area (TPSA) is 60.4 Å². The molecule has 0 aliphatic heterocycles. The summed E-state index contributed by atoms with van der Waals surface area (Å²) < 4.78 is 27.3. The molecule has 0 radical (unpaired) electrons. The number of hydrogen-bond donors (Lipinski definition) is 0. The number of carbonyl (C=O) groups is 1. The third-order valence-corrected chi connectivity index (χ3v) is 3.72. The van der Waals surface area contributed by atoms with Crippen LogP contribution in [0.2, 0.25) is 0 Å². The molecule has 0 saturated heterocycles. The number of halogens is 1. The first-order chi connectivity index (χ1) is 9.94. The van der Waals surface area contributed by atoms with Crippen LogP contribution >= 0.6 is 10.7 Å². The van der Waals surface area contributed by atoms with Crippen LogP contribution in [0.15, 0.2) is 54.6 Å². The van der Waals surface area contributed by atoms with Gasteiger partial charge in [-0.05, 0) is 23.3 Å². The van der Waals surface area contributed by atoms with Crippen LogP contribution in [0.3, 0.4) is 0 Å². The highest BCUT2D eigenvalue weighted by Gasteiger charge is 2.11. The molecule has 110 valence electrons. The number of esters is 1. The van der Waals surface area contributed by atoms with Gasteiger partial charge in [-0.25, -0.2) is 13.2 Å². The van der Waals surface area contributed by atoms with Crippen molar-refractivity contribution >= 4 is 25.7 Å². The lowest BCUT2D eigenvalue weighted by Crippen LogP contribution is -2.06. The molecular formula is C15H13ClO4S. The zero-order valence-electron chi connectivity index (χ0n) is 11.0. The van der Waals surface area contributed by atoms with Crippen molar-refractivity contribution in [3.63, 3.8) is 0 Å². The van der Waals surface area contributed by atoms with Gasteiger partial charge >= 0.3 is 5.97 Å². The van der Waals surface area contributed by atoms with E-state index < -0.39 is 15.0 Å². The van der Waals surface area contributed by atoms with Crippen LogP contribution in [0.4, 0.5) is 0 Å². The average molecular weight is 325 g/mol. The summed E-state index contributed by atoms with van der Waals surface area (Å²) in [5.74, 6) is -0.832. The highest BCUT2D eigenvalue weighted by molar-refractivity contribution is 8.13. The SMILES string of the molecule is O=C(OCc1ccccc1)c1cccc(CS(=O)(=O)Cl)c1. The molecule has 0 atom stereocenters. The molecule has 0 aliphatic carbocycles. The highest BCUT2D eigenvalue weighted by atomic mass is 35.7. The Bertz CT molecular complexity index is 726. The first kappa shape index (κ1) is 15.5. The van der Waals surface area contributed by atoms with E-state index in [9.17, 15) is 13.2 Å². The molecule has 0 aliphatic rings. The van der Waals surface area contributed by atoms with Crippen molar-refractivity contribution in [3.8, 4) is 0 Å². The zero-order valence-corrected chi connectivity index (χ0v) is 12.6. The molecule has 2 aromatic rings. The predicted molar refractivity (Wildman–Crippen MR) is 80.5 cm³/mol. The Hall–Kier alpha value is -1.85. The standard InChI is InChI=1S/C15H13ClO4S/c16-21(18,19)11-13-7-4-8-14(9-13)15(17)20-10-12-5-2-1-3-6-12/h1-9H,10-11H2. The van der Waals surface area contributed by atoms with Gasteiger partial charge in [-0.3, -0.25) is 0 Å². The first-order valence-electron chi connectivity index (χ1n) is 6.16. The Balaban J connectivity index is 2.04. The van der Waals surface area contributed by atoms with Gasteiger partial charge in [-0.1, -0.05) is 42.5 Å².